The van der Waals surface area contributed by atoms with Crippen LogP contribution in [0.4, 0.5) is 0 Å². The summed E-state index contributed by atoms with van der Waals surface area (Å²) in [7, 11) is 2.09. The molecule has 5 heteroatoms. The van der Waals surface area contributed by atoms with Crippen LogP contribution >= 0.6 is 11.8 Å². The highest BCUT2D eigenvalue weighted by molar-refractivity contribution is 7.98. The molecular formula is C15H31N3OS. The molecule has 0 radical (unpaired) electrons. The molecule has 118 valence electrons. The fourth-order valence-electron chi connectivity index (χ4n) is 1.85. The van der Waals surface area contributed by atoms with E-state index < -0.39 is 0 Å². The van der Waals surface area contributed by atoms with E-state index in [0.717, 1.165) is 44.7 Å². The van der Waals surface area contributed by atoms with Crippen molar-refractivity contribution in [2.75, 3.05) is 51.9 Å². The van der Waals surface area contributed by atoms with E-state index in [9.17, 15) is 0 Å². The molecule has 0 aromatic carbocycles. The Kier molecular flexibility index (Phi) is 9.93. The molecule has 0 spiro atoms. The van der Waals surface area contributed by atoms with Crippen LogP contribution in [0.2, 0.25) is 0 Å². The molecule has 1 fully saturated rings. The zero-order chi connectivity index (χ0) is 14.6. The van der Waals surface area contributed by atoms with E-state index in [4.69, 9.17) is 4.74 Å². The van der Waals surface area contributed by atoms with Crippen molar-refractivity contribution in [3.05, 3.63) is 0 Å². The summed E-state index contributed by atoms with van der Waals surface area (Å²) >= 11 is 1.91. The number of nitrogens with zero attached hydrogens (tertiary/aromatic N) is 2. The summed E-state index contributed by atoms with van der Waals surface area (Å²) in [6.45, 7) is 6.58. The van der Waals surface area contributed by atoms with Crippen molar-refractivity contribution in [3.63, 3.8) is 0 Å². The molecule has 0 heterocycles. The Bertz CT molecular complexity index is 270. The Morgan fingerprint density at radius 1 is 1.40 bits per heavy atom. The molecule has 4 nitrogen and oxygen atoms in total. The predicted octanol–water partition coefficient (Wildman–Crippen LogP) is 2.45. The molecule has 0 aromatic rings. The topological polar surface area (TPSA) is 36.9 Å². The van der Waals surface area contributed by atoms with Crippen LogP contribution in [0.5, 0.6) is 0 Å². The number of likely N-dealkylation sites (N-methyl/N-ethyl adjacent to an activating group) is 1. The van der Waals surface area contributed by atoms with Gasteiger partial charge in [0.15, 0.2) is 5.96 Å². The fourth-order valence-corrected chi connectivity index (χ4v) is 2.35. The van der Waals surface area contributed by atoms with E-state index in [-0.39, 0.29) is 0 Å². The smallest absolute Gasteiger partial charge is 0.193 e. The number of rotatable bonds is 11. The van der Waals surface area contributed by atoms with E-state index in [1.54, 1.807) is 0 Å². The summed E-state index contributed by atoms with van der Waals surface area (Å²) in [5, 5.41) is 3.35. The van der Waals surface area contributed by atoms with E-state index in [2.05, 4.69) is 35.4 Å². The lowest BCUT2D eigenvalue weighted by Gasteiger charge is -2.22. The second-order valence-corrected chi connectivity index (χ2v) is 6.36. The Hall–Kier alpha value is -0.420. The lowest BCUT2D eigenvalue weighted by molar-refractivity contribution is 0.115. The Morgan fingerprint density at radius 2 is 2.20 bits per heavy atom. The van der Waals surface area contributed by atoms with Crippen LogP contribution in [-0.2, 0) is 4.74 Å². The van der Waals surface area contributed by atoms with Crippen LogP contribution in [-0.4, -0.2) is 62.8 Å². The molecule has 0 unspecified atom stereocenters. The number of aliphatic imine (C=N–C) groups is 1. The molecule has 1 aliphatic rings. The van der Waals surface area contributed by atoms with Crippen LogP contribution in [0.25, 0.3) is 0 Å². The third-order valence-electron chi connectivity index (χ3n) is 3.34. The first-order chi connectivity index (χ1) is 9.77. The molecule has 0 amide bonds. The van der Waals surface area contributed by atoms with Crippen molar-refractivity contribution in [2.45, 2.75) is 32.6 Å². The van der Waals surface area contributed by atoms with Gasteiger partial charge in [-0.05, 0) is 50.5 Å². The minimum atomic E-state index is 0.796. The molecule has 1 N–H and O–H groups in total. The number of hydrogen-bond acceptors (Lipinski definition) is 3. The maximum Gasteiger partial charge on any atom is 0.193 e. The van der Waals surface area contributed by atoms with Crippen LogP contribution < -0.4 is 5.32 Å². The van der Waals surface area contributed by atoms with Gasteiger partial charge in [0, 0.05) is 33.3 Å². The number of nitrogens with one attached hydrogen (secondary N) is 1. The number of unbranched alkanes of at least 4 members (excludes halogenated alkanes) is 1. The molecule has 0 saturated heterocycles. The Morgan fingerprint density at radius 3 is 2.85 bits per heavy atom. The van der Waals surface area contributed by atoms with E-state index in [1.165, 1.54) is 31.4 Å². The van der Waals surface area contributed by atoms with Gasteiger partial charge < -0.3 is 15.0 Å². The van der Waals surface area contributed by atoms with Gasteiger partial charge in [0.05, 0.1) is 6.61 Å². The van der Waals surface area contributed by atoms with Crippen LogP contribution in [0.3, 0.4) is 0 Å². The number of hydrogen-bond donors (Lipinski definition) is 1. The Balaban J connectivity index is 2.16. The highest BCUT2D eigenvalue weighted by atomic mass is 32.2. The van der Waals surface area contributed by atoms with Crippen molar-refractivity contribution in [1.29, 1.82) is 0 Å². The molecule has 0 aromatic heterocycles. The second kappa shape index (κ2) is 11.3. The van der Waals surface area contributed by atoms with Gasteiger partial charge in [-0.2, -0.15) is 11.8 Å². The average molecular weight is 302 g/mol. The molecule has 1 saturated carbocycles. The van der Waals surface area contributed by atoms with Gasteiger partial charge in [0.25, 0.3) is 0 Å². The second-order valence-electron chi connectivity index (χ2n) is 5.38. The predicted molar refractivity (Wildman–Crippen MR) is 89.8 cm³/mol. The van der Waals surface area contributed by atoms with Crippen molar-refractivity contribution in [1.82, 2.24) is 10.2 Å². The average Bonchev–Trinajstić information content (AvgIpc) is 3.26. The molecule has 20 heavy (non-hydrogen) atoms. The van der Waals surface area contributed by atoms with Gasteiger partial charge in [-0.15, -0.1) is 0 Å². The molecule has 0 bridgehead atoms. The summed E-state index contributed by atoms with van der Waals surface area (Å²) in [6.07, 6.45) is 7.29. The first-order valence-corrected chi connectivity index (χ1v) is 9.23. The lowest BCUT2D eigenvalue weighted by atomic mass is 10.3. The van der Waals surface area contributed by atoms with E-state index in [0.29, 0.717) is 0 Å². The number of guanidine groups is 1. The highest BCUT2D eigenvalue weighted by Gasteiger charge is 2.21. The van der Waals surface area contributed by atoms with E-state index >= 15 is 0 Å². The summed E-state index contributed by atoms with van der Waals surface area (Å²) in [5.74, 6) is 3.09. The SMILES string of the molecule is CCNC(=NCCCCSC)N(C)CCOCC1CC1. The zero-order valence-electron chi connectivity index (χ0n) is 13.4. The normalized spacial score (nSPS) is 15.4. The van der Waals surface area contributed by atoms with Gasteiger partial charge in [0.1, 0.15) is 0 Å². The number of thioether (sulfide) groups is 1. The van der Waals surface area contributed by atoms with Gasteiger partial charge in [-0.3, -0.25) is 4.99 Å². The molecule has 1 aliphatic carbocycles. The van der Waals surface area contributed by atoms with Crippen molar-refractivity contribution >= 4 is 17.7 Å². The van der Waals surface area contributed by atoms with E-state index in [1.807, 2.05) is 11.8 Å². The van der Waals surface area contributed by atoms with Crippen molar-refractivity contribution in [3.8, 4) is 0 Å². The Labute approximate surface area is 128 Å². The quantitative estimate of drug-likeness (QED) is 0.361. The maximum absolute atomic E-state index is 5.69. The molecule has 1 rings (SSSR count). The van der Waals surface area contributed by atoms with Gasteiger partial charge in [-0.1, -0.05) is 0 Å². The van der Waals surface area contributed by atoms with Crippen molar-refractivity contribution < 1.29 is 4.74 Å². The number of ether oxygens (including phenoxy) is 1. The first kappa shape index (κ1) is 17.6. The highest BCUT2D eigenvalue weighted by Crippen LogP contribution is 2.28. The lowest BCUT2D eigenvalue weighted by Crippen LogP contribution is -2.40. The summed E-state index contributed by atoms with van der Waals surface area (Å²) in [6, 6.07) is 0. The first-order valence-electron chi connectivity index (χ1n) is 7.84. The van der Waals surface area contributed by atoms with Gasteiger partial charge in [0.2, 0.25) is 0 Å². The van der Waals surface area contributed by atoms with Crippen LogP contribution in [0.15, 0.2) is 4.99 Å². The molecule has 0 atom stereocenters. The third-order valence-corrected chi connectivity index (χ3v) is 4.03. The van der Waals surface area contributed by atoms with Crippen LogP contribution in [0, 0.1) is 5.92 Å². The monoisotopic (exact) mass is 301 g/mol. The standard InChI is InChI=1S/C15H31N3OS/c1-4-16-15(17-9-5-6-12-20-3)18(2)10-11-19-13-14-7-8-14/h14H,4-13H2,1-3H3,(H,16,17). The maximum atomic E-state index is 5.69. The van der Waals surface area contributed by atoms with Gasteiger partial charge in [-0.25, -0.2) is 0 Å². The zero-order valence-corrected chi connectivity index (χ0v) is 14.2. The summed E-state index contributed by atoms with van der Waals surface area (Å²) in [4.78, 5) is 6.85. The van der Waals surface area contributed by atoms with Gasteiger partial charge >= 0.3 is 0 Å². The third kappa shape index (κ3) is 8.69. The van der Waals surface area contributed by atoms with Crippen molar-refractivity contribution in [2.24, 2.45) is 10.9 Å². The fraction of sp³-hybridized carbons (Fsp3) is 0.933. The van der Waals surface area contributed by atoms with Crippen LogP contribution in [0.1, 0.15) is 32.6 Å². The molecule has 0 aliphatic heterocycles. The summed E-state index contributed by atoms with van der Waals surface area (Å²) < 4.78 is 5.69. The largest absolute Gasteiger partial charge is 0.379 e. The minimum absolute atomic E-state index is 0.796. The molecular weight excluding hydrogens is 270 g/mol. The minimum Gasteiger partial charge on any atom is -0.379 e. The summed E-state index contributed by atoms with van der Waals surface area (Å²) in [5.41, 5.74) is 0.